The van der Waals surface area contributed by atoms with Gasteiger partial charge in [-0.25, -0.2) is 0 Å². The second kappa shape index (κ2) is 5.55. The van der Waals surface area contributed by atoms with Crippen LogP contribution >= 0.6 is 0 Å². The molecular weight excluding hydrogens is 234 g/mol. The van der Waals surface area contributed by atoms with E-state index in [4.69, 9.17) is 9.47 Å². The van der Waals surface area contributed by atoms with Gasteiger partial charge in [-0.15, -0.1) is 0 Å². The molecular formula is C13H23NO4. The van der Waals surface area contributed by atoms with Crippen LogP contribution in [0.5, 0.6) is 0 Å². The molecule has 2 heterocycles. The van der Waals surface area contributed by atoms with E-state index in [2.05, 4.69) is 0 Å². The number of ether oxygens (including phenoxy) is 2. The topological polar surface area (TPSA) is 59.0 Å². The minimum Gasteiger partial charge on any atom is -0.394 e. The molecule has 5 heteroatoms. The van der Waals surface area contributed by atoms with Gasteiger partial charge in [0.15, 0.2) is 0 Å². The molecule has 0 aromatic heterocycles. The lowest BCUT2D eigenvalue weighted by Gasteiger charge is -2.43. The van der Waals surface area contributed by atoms with Crippen molar-refractivity contribution in [1.82, 2.24) is 4.90 Å². The number of carbonyl (C=O) groups is 1. The number of aliphatic hydroxyl groups excluding tert-OH is 1. The average molecular weight is 257 g/mol. The molecule has 1 N–H and O–H groups in total. The average Bonchev–Trinajstić information content (AvgIpc) is 2.37. The maximum Gasteiger partial charge on any atom is 0.228 e. The van der Waals surface area contributed by atoms with Crippen LogP contribution in [0.1, 0.15) is 26.7 Å². The van der Waals surface area contributed by atoms with Crippen LogP contribution in [0.25, 0.3) is 0 Å². The lowest BCUT2D eigenvalue weighted by atomic mass is 9.98. The standard InChI is InChI=1S/C13H23NO4/c1-13(2)9-14(6-11(7-15)18-13)12(16)10-4-3-5-17-8-10/h10-11,15H,3-9H2,1-2H3. The number of nitrogens with zero attached hydrogens (tertiary/aromatic N) is 1. The summed E-state index contributed by atoms with van der Waals surface area (Å²) in [7, 11) is 0. The van der Waals surface area contributed by atoms with Gasteiger partial charge < -0.3 is 19.5 Å². The number of amides is 1. The molecule has 0 bridgehead atoms. The first-order valence-corrected chi connectivity index (χ1v) is 6.67. The zero-order valence-corrected chi connectivity index (χ0v) is 11.2. The zero-order valence-electron chi connectivity index (χ0n) is 11.2. The fourth-order valence-corrected chi connectivity index (χ4v) is 2.75. The summed E-state index contributed by atoms with van der Waals surface area (Å²) in [5.74, 6) is 0.122. The van der Waals surface area contributed by atoms with Gasteiger partial charge in [0.1, 0.15) is 0 Å². The van der Waals surface area contributed by atoms with E-state index < -0.39 is 5.60 Å². The summed E-state index contributed by atoms with van der Waals surface area (Å²) >= 11 is 0. The van der Waals surface area contributed by atoms with Crippen LogP contribution in [0.2, 0.25) is 0 Å². The molecule has 2 rings (SSSR count). The summed E-state index contributed by atoms with van der Waals surface area (Å²) in [6.45, 7) is 6.21. The first kappa shape index (κ1) is 13.8. The van der Waals surface area contributed by atoms with Gasteiger partial charge in [-0.2, -0.15) is 0 Å². The lowest BCUT2D eigenvalue weighted by Crippen LogP contribution is -2.57. The smallest absolute Gasteiger partial charge is 0.228 e. The Morgan fingerprint density at radius 2 is 2.28 bits per heavy atom. The van der Waals surface area contributed by atoms with E-state index >= 15 is 0 Å². The third kappa shape index (κ3) is 3.22. The van der Waals surface area contributed by atoms with E-state index in [1.807, 2.05) is 18.7 Å². The van der Waals surface area contributed by atoms with Crippen molar-refractivity contribution in [3.05, 3.63) is 0 Å². The van der Waals surface area contributed by atoms with Crippen molar-refractivity contribution < 1.29 is 19.4 Å². The summed E-state index contributed by atoms with van der Waals surface area (Å²) in [5.41, 5.74) is -0.392. The number of hydrogen-bond acceptors (Lipinski definition) is 4. The molecule has 1 amide bonds. The third-order valence-electron chi connectivity index (χ3n) is 3.51. The quantitative estimate of drug-likeness (QED) is 0.778. The van der Waals surface area contributed by atoms with Crippen molar-refractivity contribution in [2.75, 3.05) is 32.9 Å². The molecule has 104 valence electrons. The molecule has 0 aromatic carbocycles. The largest absolute Gasteiger partial charge is 0.394 e. The first-order chi connectivity index (χ1) is 8.52. The van der Waals surface area contributed by atoms with Crippen LogP contribution in [-0.2, 0) is 14.3 Å². The number of hydrogen-bond donors (Lipinski definition) is 1. The molecule has 2 saturated heterocycles. The van der Waals surface area contributed by atoms with Crippen LogP contribution in [-0.4, -0.2) is 60.5 Å². The Kier molecular flexibility index (Phi) is 4.25. The van der Waals surface area contributed by atoms with Crippen LogP contribution in [0.15, 0.2) is 0 Å². The van der Waals surface area contributed by atoms with Crippen LogP contribution in [0.4, 0.5) is 0 Å². The SMILES string of the molecule is CC1(C)CN(C(=O)C2CCCOC2)CC(CO)O1. The summed E-state index contributed by atoms with van der Waals surface area (Å²) in [5, 5.41) is 9.25. The summed E-state index contributed by atoms with van der Waals surface area (Å²) < 4.78 is 11.1. The number of carbonyl (C=O) groups excluding carboxylic acids is 1. The minimum atomic E-state index is -0.392. The Morgan fingerprint density at radius 3 is 2.89 bits per heavy atom. The van der Waals surface area contributed by atoms with Crippen molar-refractivity contribution in [3.63, 3.8) is 0 Å². The van der Waals surface area contributed by atoms with Gasteiger partial charge in [-0.3, -0.25) is 4.79 Å². The molecule has 2 fully saturated rings. The van der Waals surface area contributed by atoms with Gasteiger partial charge in [0.25, 0.3) is 0 Å². The van der Waals surface area contributed by atoms with Gasteiger partial charge in [-0.05, 0) is 26.7 Å². The number of rotatable bonds is 2. The fourth-order valence-electron chi connectivity index (χ4n) is 2.75. The maximum absolute atomic E-state index is 12.4. The lowest BCUT2D eigenvalue weighted by molar-refractivity contribution is -0.172. The molecule has 18 heavy (non-hydrogen) atoms. The summed E-state index contributed by atoms with van der Waals surface area (Å²) in [6, 6.07) is 0. The van der Waals surface area contributed by atoms with E-state index in [0.29, 0.717) is 19.7 Å². The van der Waals surface area contributed by atoms with Crippen molar-refractivity contribution in [2.45, 2.75) is 38.4 Å². The van der Waals surface area contributed by atoms with E-state index in [1.165, 1.54) is 0 Å². The van der Waals surface area contributed by atoms with Crippen LogP contribution in [0, 0.1) is 5.92 Å². The van der Waals surface area contributed by atoms with Crippen molar-refractivity contribution >= 4 is 5.91 Å². The van der Waals surface area contributed by atoms with Gasteiger partial charge in [0.2, 0.25) is 5.91 Å². The molecule has 0 saturated carbocycles. The van der Waals surface area contributed by atoms with Crippen molar-refractivity contribution in [3.8, 4) is 0 Å². The molecule has 2 unspecified atom stereocenters. The number of morpholine rings is 1. The maximum atomic E-state index is 12.4. The van der Waals surface area contributed by atoms with Crippen molar-refractivity contribution in [1.29, 1.82) is 0 Å². The van der Waals surface area contributed by atoms with Gasteiger partial charge >= 0.3 is 0 Å². The molecule has 2 atom stereocenters. The highest BCUT2D eigenvalue weighted by Gasteiger charge is 2.37. The second-order valence-corrected chi connectivity index (χ2v) is 5.81. The molecule has 0 spiro atoms. The Labute approximate surface area is 108 Å². The summed E-state index contributed by atoms with van der Waals surface area (Å²) in [4.78, 5) is 14.2. The number of aliphatic hydroxyl groups is 1. The van der Waals surface area contributed by atoms with E-state index in [0.717, 1.165) is 19.4 Å². The van der Waals surface area contributed by atoms with Crippen LogP contribution in [0.3, 0.4) is 0 Å². The zero-order chi connectivity index (χ0) is 13.2. The fraction of sp³-hybridized carbons (Fsp3) is 0.923. The highest BCUT2D eigenvalue weighted by Crippen LogP contribution is 2.24. The highest BCUT2D eigenvalue weighted by atomic mass is 16.5. The molecule has 0 aliphatic carbocycles. The van der Waals surface area contributed by atoms with Crippen molar-refractivity contribution in [2.24, 2.45) is 5.92 Å². The first-order valence-electron chi connectivity index (χ1n) is 6.67. The Hall–Kier alpha value is -0.650. The predicted molar refractivity (Wildman–Crippen MR) is 66.2 cm³/mol. The molecule has 5 nitrogen and oxygen atoms in total. The van der Waals surface area contributed by atoms with Crippen LogP contribution < -0.4 is 0 Å². The monoisotopic (exact) mass is 257 g/mol. The van der Waals surface area contributed by atoms with E-state index in [-0.39, 0.29) is 24.5 Å². The second-order valence-electron chi connectivity index (χ2n) is 5.81. The Morgan fingerprint density at radius 1 is 1.50 bits per heavy atom. The van der Waals surface area contributed by atoms with Gasteiger partial charge in [0.05, 0.1) is 30.8 Å². The summed E-state index contributed by atoms with van der Waals surface area (Å²) in [6.07, 6.45) is 1.58. The minimum absolute atomic E-state index is 0.0213. The molecule has 2 aliphatic heterocycles. The molecule has 0 aromatic rings. The molecule has 2 aliphatic rings. The van der Waals surface area contributed by atoms with Gasteiger partial charge in [0, 0.05) is 19.7 Å². The molecule has 0 radical (unpaired) electrons. The van der Waals surface area contributed by atoms with Gasteiger partial charge in [-0.1, -0.05) is 0 Å². The predicted octanol–water partition coefficient (Wildman–Crippen LogP) is 0.411. The normalized spacial score (nSPS) is 32.3. The third-order valence-corrected chi connectivity index (χ3v) is 3.51. The van der Waals surface area contributed by atoms with E-state index in [9.17, 15) is 9.90 Å². The van der Waals surface area contributed by atoms with E-state index in [1.54, 1.807) is 0 Å². The Bertz CT molecular complexity index is 299. The Balaban J connectivity index is 1.99. The highest BCUT2D eigenvalue weighted by molar-refractivity contribution is 5.79.